The first-order chi connectivity index (χ1) is 10.4. The lowest BCUT2D eigenvalue weighted by atomic mass is 9.91. The number of unbranched alkanes of at least 4 members (excludes halogenated alkanes) is 3. The van der Waals surface area contributed by atoms with E-state index >= 15 is 0 Å². The van der Waals surface area contributed by atoms with E-state index in [0.717, 1.165) is 5.92 Å². The van der Waals surface area contributed by atoms with E-state index in [2.05, 4.69) is 49.6 Å². The van der Waals surface area contributed by atoms with E-state index in [-0.39, 0.29) is 0 Å². The van der Waals surface area contributed by atoms with Gasteiger partial charge in [-0.1, -0.05) is 75.8 Å². The maximum Gasteiger partial charge on any atom is -0.00518 e. The van der Waals surface area contributed by atoms with Gasteiger partial charge < -0.3 is 5.32 Å². The number of hydrogen-bond donors (Lipinski definition) is 1. The van der Waals surface area contributed by atoms with Gasteiger partial charge in [0, 0.05) is 0 Å². The quantitative estimate of drug-likeness (QED) is 0.466. The van der Waals surface area contributed by atoms with E-state index < -0.39 is 0 Å². The third kappa shape index (κ3) is 9.68. The Hall–Kier alpha value is -0.820. The molecule has 1 heteroatoms. The third-order valence-electron chi connectivity index (χ3n) is 4.43. The zero-order valence-corrected chi connectivity index (χ0v) is 14.2. The summed E-state index contributed by atoms with van der Waals surface area (Å²) in [6.07, 6.45) is 13.8. The Morgan fingerprint density at radius 1 is 0.857 bits per heavy atom. The van der Waals surface area contributed by atoms with E-state index in [1.165, 1.54) is 76.3 Å². The first-order valence-corrected chi connectivity index (χ1v) is 9.05. The Kier molecular flexibility index (Phi) is 11.2. The molecule has 0 amide bonds. The van der Waals surface area contributed by atoms with Gasteiger partial charge in [-0.15, -0.1) is 0 Å². The van der Waals surface area contributed by atoms with Crippen LogP contribution in [0.4, 0.5) is 0 Å². The molecule has 120 valence electrons. The van der Waals surface area contributed by atoms with Crippen molar-refractivity contribution in [3.63, 3.8) is 0 Å². The summed E-state index contributed by atoms with van der Waals surface area (Å²) in [6, 6.07) is 10.9. The maximum atomic E-state index is 3.27. The Morgan fingerprint density at radius 3 is 2.29 bits per heavy atom. The average Bonchev–Trinajstić information content (AvgIpc) is 2.52. The van der Waals surface area contributed by atoms with Crippen molar-refractivity contribution in [3.05, 3.63) is 35.9 Å². The second-order valence-electron chi connectivity index (χ2n) is 6.34. The molecule has 0 saturated carbocycles. The number of aryl methyl sites for hydroxylation is 1. The lowest BCUT2D eigenvalue weighted by molar-refractivity contribution is 0.378. The van der Waals surface area contributed by atoms with Crippen LogP contribution in [0.1, 0.15) is 70.3 Å². The minimum Gasteiger partial charge on any atom is -0.320 e. The number of hydrogen-bond acceptors (Lipinski definition) is 1. The predicted octanol–water partition coefficient (Wildman–Crippen LogP) is 5.60. The summed E-state index contributed by atoms with van der Waals surface area (Å²) >= 11 is 0. The lowest BCUT2D eigenvalue weighted by Crippen LogP contribution is -2.10. The zero-order chi connectivity index (χ0) is 15.2. The number of benzene rings is 1. The highest BCUT2D eigenvalue weighted by Gasteiger charge is 2.07. The minimum absolute atomic E-state index is 0.968. The monoisotopic (exact) mass is 289 g/mol. The molecular formula is C20H35N. The van der Waals surface area contributed by atoms with Gasteiger partial charge in [0.2, 0.25) is 0 Å². The number of rotatable bonds is 13. The molecule has 1 atom stereocenters. The molecule has 21 heavy (non-hydrogen) atoms. The molecule has 1 aromatic carbocycles. The summed E-state index contributed by atoms with van der Waals surface area (Å²) in [5, 5.41) is 3.27. The SMILES string of the molecule is CCCCC(CCCCCc1ccccc1)CCCNC. The van der Waals surface area contributed by atoms with Crippen LogP contribution < -0.4 is 5.32 Å². The van der Waals surface area contributed by atoms with Crippen molar-refractivity contribution in [2.45, 2.75) is 71.1 Å². The molecular weight excluding hydrogens is 254 g/mol. The normalized spacial score (nSPS) is 12.5. The lowest BCUT2D eigenvalue weighted by Gasteiger charge is -2.16. The van der Waals surface area contributed by atoms with Crippen LogP contribution in [0.15, 0.2) is 30.3 Å². The fourth-order valence-corrected chi connectivity index (χ4v) is 3.08. The van der Waals surface area contributed by atoms with Crippen LogP contribution in [0.2, 0.25) is 0 Å². The van der Waals surface area contributed by atoms with Crippen molar-refractivity contribution >= 4 is 0 Å². The van der Waals surface area contributed by atoms with E-state index in [1.807, 2.05) is 0 Å². The van der Waals surface area contributed by atoms with Gasteiger partial charge in [0.1, 0.15) is 0 Å². The fraction of sp³-hybridized carbons (Fsp3) is 0.700. The topological polar surface area (TPSA) is 12.0 Å². The molecule has 0 fully saturated rings. The first-order valence-electron chi connectivity index (χ1n) is 9.05. The van der Waals surface area contributed by atoms with E-state index in [4.69, 9.17) is 0 Å². The molecule has 0 radical (unpaired) electrons. The largest absolute Gasteiger partial charge is 0.320 e. The van der Waals surface area contributed by atoms with Crippen molar-refractivity contribution < 1.29 is 0 Å². The summed E-state index contributed by atoms with van der Waals surface area (Å²) in [7, 11) is 2.06. The van der Waals surface area contributed by atoms with Gasteiger partial charge in [-0.2, -0.15) is 0 Å². The van der Waals surface area contributed by atoms with Gasteiger partial charge in [-0.25, -0.2) is 0 Å². The molecule has 1 aromatic rings. The standard InChI is InChI=1S/C20H35N/c1-3-4-12-19(17-11-18-21-2)13-7-5-8-14-20-15-9-6-10-16-20/h6,9-10,15-16,19,21H,3-5,7-8,11-14,17-18H2,1-2H3. The summed E-state index contributed by atoms with van der Waals surface area (Å²) < 4.78 is 0. The van der Waals surface area contributed by atoms with Crippen LogP contribution in [0, 0.1) is 5.92 Å². The number of nitrogens with one attached hydrogen (secondary N) is 1. The highest BCUT2D eigenvalue weighted by atomic mass is 14.8. The first kappa shape index (κ1) is 18.2. The van der Waals surface area contributed by atoms with Gasteiger partial charge in [0.05, 0.1) is 0 Å². The summed E-state index contributed by atoms with van der Waals surface area (Å²) in [4.78, 5) is 0. The maximum absolute atomic E-state index is 3.27. The van der Waals surface area contributed by atoms with Crippen LogP contribution in [0.5, 0.6) is 0 Å². The van der Waals surface area contributed by atoms with Crippen LogP contribution in [0.25, 0.3) is 0 Å². The molecule has 1 rings (SSSR count). The van der Waals surface area contributed by atoms with Crippen molar-refractivity contribution in [1.82, 2.24) is 5.32 Å². The Bertz CT molecular complexity index is 320. The molecule has 0 aromatic heterocycles. The molecule has 0 bridgehead atoms. The predicted molar refractivity (Wildman–Crippen MR) is 94.8 cm³/mol. The molecule has 0 aliphatic heterocycles. The van der Waals surface area contributed by atoms with E-state index in [9.17, 15) is 0 Å². The molecule has 0 aliphatic carbocycles. The molecule has 0 aliphatic rings. The van der Waals surface area contributed by atoms with Crippen LogP contribution in [0.3, 0.4) is 0 Å². The van der Waals surface area contributed by atoms with Gasteiger partial charge >= 0.3 is 0 Å². The third-order valence-corrected chi connectivity index (χ3v) is 4.43. The molecule has 0 heterocycles. The van der Waals surface area contributed by atoms with Crippen molar-refractivity contribution in [1.29, 1.82) is 0 Å². The zero-order valence-electron chi connectivity index (χ0n) is 14.2. The Morgan fingerprint density at radius 2 is 1.57 bits per heavy atom. The Balaban J connectivity index is 2.10. The smallest absolute Gasteiger partial charge is 0.00518 e. The van der Waals surface area contributed by atoms with Crippen molar-refractivity contribution in [2.75, 3.05) is 13.6 Å². The van der Waals surface area contributed by atoms with Crippen LogP contribution >= 0.6 is 0 Å². The summed E-state index contributed by atoms with van der Waals surface area (Å²) in [5.74, 6) is 0.968. The minimum atomic E-state index is 0.968. The van der Waals surface area contributed by atoms with Gasteiger partial charge in [-0.05, 0) is 50.8 Å². The molecule has 1 nitrogen and oxygen atoms in total. The van der Waals surface area contributed by atoms with Gasteiger partial charge in [-0.3, -0.25) is 0 Å². The summed E-state index contributed by atoms with van der Waals surface area (Å²) in [5.41, 5.74) is 1.49. The van der Waals surface area contributed by atoms with Gasteiger partial charge in [0.25, 0.3) is 0 Å². The second kappa shape index (κ2) is 12.9. The second-order valence-corrected chi connectivity index (χ2v) is 6.34. The van der Waals surface area contributed by atoms with Crippen molar-refractivity contribution in [3.8, 4) is 0 Å². The molecule has 0 spiro atoms. The summed E-state index contributed by atoms with van der Waals surface area (Å²) in [6.45, 7) is 3.49. The molecule has 0 saturated heterocycles. The van der Waals surface area contributed by atoms with E-state index in [0.29, 0.717) is 0 Å². The average molecular weight is 290 g/mol. The molecule has 1 unspecified atom stereocenters. The highest BCUT2D eigenvalue weighted by Crippen LogP contribution is 2.22. The van der Waals surface area contributed by atoms with Crippen LogP contribution in [-0.2, 0) is 6.42 Å². The van der Waals surface area contributed by atoms with Gasteiger partial charge in [0.15, 0.2) is 0 Å². The fourth-order valence-electron chi connectivity index (χ4n) is 3.08. The van der Waals surface area contributed by atoms with Crippen LogP contribution in [-0.4, -0.2) is 13.6 Å². The highest BCUT2D eigenvalue weighted by molar-refractivity contribution is 5.14. The van der Waals surface area contributed by atoms with E-state index in [1.54, 1.807) is 0 Å². The van der Waals surface area contributed by atoms with Crippen molar-refractivity contribution in [2.24, 2.45) is 5.92 Å². The Labute approximate surface area is 132 Å². The molecule has 1 N–H and O–H groups in total.